The number of aliphatic carboxylic acids is 1. The number of hydrogen-bond donors (Lipinski definition) is 2. The van der Waals surface area contributed by atoms with Gasteiger partial charge in [0.1, 0.15) is 0 Å². The van der Waals surface area contributed by atoms with E-state index in [9.17, 15) is 4.79 Å². The predicted octanol–water partition coefficient (Wildman–Crippen LogP) is 1.19. The van der Waals surface area contributed by atoms with Crippen LogP contribution in [0.2, 0.25) is 0 Å². The summed E-state index contributed by atoms with van der Waals surface area (Å²) in [5, 5.41) is 8.65. The fourth-order valence-corrected chi connectivity index (χ4v) is 1.23. The van der Waals surface area contributed by atoms with Gasteiger partial charge in [0.2, 0.25) is 0 Å². The molecule has 0 aliphatic rings. The van der Waals surface area contributed by atoms with Crippen LogP contribution in [-0.2, 0) is 11.2 Å². The molecule has 0 bridgehead atoms. The Morgan fingerprint density at radius 1 is 1.64 bits per heavy atom. The summed E-state index contributed by atoms with van der Waals surface area (Å²) in [5.74, 6) is 1.55. The van der Waals surface area contributed by atoms with E-state index in [1.807, 2.05) is 0 Å². The van der Waals surface area contributed by atoms with Crippen molar-refractivity contribution >= 4 is 11.7 Å². The summed E-state index contributed by atoms with van der Waals surface area (Å²) in [6.07, 6.45) is 5.17. The first-order chi connectivity index (χ1) is 6.54. The molecular formula is C11H11NO2. The van der Waals surface area contributed by atoms with Crippen LogP contribution in [0.3, 0.4) is 0 Å². The van der Waals surface area contributed by atoms with E-state index in [-0.39, 0.29) is 6.42 Å². The molecule has 0 aliphatic carbocycles. The molecule has 3 heteroatoms. The third-order valence-corrected chi connectivity index (χ3v) is 2.06. The smallest absolute Gasteiger partial charge is 0.307 e. The Morgan fingerprint density at radius 2 is 2.29 bits per heavy atom. The third-order valence-electron chi connectivity index (χ3n) is 2.06. The zero-order chi connectivity index (χ0) is 10.7. The van der Waals surface area contributed by atoms with Crippen molar-refractivity contribution in [3.63, 3.8) is 0 Å². The number of rotatable bonds is 2. The summed E-state index contributed by atoms with van der Waals surface area (Å²) in [7, 11) is 0. The normalized spacial score (nSPS) is 9.43. The van der Waals surface area contributed by atoms with Crippen molar-refractivity contribution in [3.8, 4) is 12.3 Å². The number of nitrogen functional groups attached to an aromatic ring is 1. The maximum Gasteiger partial charge on any atom is 0.307 e. The molecule has 0 atom stereocenters. The molecule has 0 radical (unpaired) electrons. The van der Waals surface area contributed by atoms with E-state index < -0.39 is 5.97 Å². The summed E-state index contributed by atoms with van der Waals surface area (Å²) < 4.78 is 0. The van der Waals surface area contributed by atoms with E-state index in [1.54, 1.807) is 19.1 Å². The zero-order valence-corrected chi connectivity index (χ0v) is 7.87. The number of terminal acetylenes is 1. The van der Waals surface area contributed by atoms with Gasteiger partial charge in [0.25, 0.3) is 0 Å². The van der Waals surface area contributed by atoms with Crippen LogP contribution in [0.5, 0.6) is 0 Å². The van der Waals surface area contributed by atoms with E-state index in [1.165, 1.54) is 0 Å². The van der Waals surface area contributed by atoms with E-state index in [4.69, 9.17) is 17.3 Å². The minimum Gasteiger partial charge on any atom is -0.481 e. The third kappa shape index (κ3) is 2.05. The number of nitrogens with two attached hydrogens (primary N) is 1. The molecule has 14 heavy (non-hydrogen) atoms. The lowest BCUT2D eigenvalue weighted by atomic mass is 10.0. The maximum atomic E-state index is 10.5. The van der Waals surface area contributed by atoms with Gasteiger partial charge in [-0.05, 0) is 30.2 Å². The van der Waals surface area contributed by atoms with Crippen LogP contribution < -0.4 is 5.73 Å². The Morgan fingerprint density at radius 3 is 2.79 bits per heavy atom. The standard InChI is InChI=1S/C11H11NO2/c1-3-8-4-9(6-11(13)14)7(2)10(12)5-8/h1,4-5H,6,12H2,2H3,(H,13,14). The van der Waals surface area contributed by atoms with Gasteiger partial charge in [0, 0.05) is 11.3 Å². The van der Waals surface area contributed by atoms with Crippen LogP contribution in [-0.4, -0.2) is 11.1 Å². The van der Waals surface area contributed by atoms with Crippen LogP contribution in [0.1, 0.15) is 16.7 Å². The van der Waals surface area contributed by atoms with Crippen LogP contribution in [0.15, 0.2) is 12.1 Å². The molecule has 1 rings (SSSR count). The minimum absolute atomic E-state index is 0.0500. The number of anilines is 1. The SMILES string of the molecule is C#Cc1cc(N)c(C)c(CC(=O)O)c1. The van der Waals surface area contributed by atoms with Gasteiger partial charge in [-0.25, -0.2) is 0 Å². The molecule has 0 saturated carbocycles. The highest BCUT2D eigenvalue weighted by atomic mass is 16.4. The molecule has 0 spiro atoms. The molecule has 0 aromatic heterocycles. The summed E-state index contributed by atoms with van der Waals surface area (Å²) in [4.78, 5) is 10.5. The van der Waals surface area contributed by atoms with Gasteiger partial charge in [-0.3, -0.25) is 4.79 Å². The predicted molar refractivity (Wildman–Crippen MR) is 54.9 cm³/mol. The molecular weight excluding hydrogens is 178 g/mol. The van der Waals surface area contributed by atoms with E-state index in [0.717, 1.165) is 5.56 Å². The van der Waals surface area contributed by atoms with Crippen LogP contribution in [0, 0.1) is 19.3 Å². The highest BCUT2D eigenvalue weighted by Gasteiger charge is 2.07. The van der Waals surface area contributed by atoms with Gasteiger partial charge in [-0.2, -0.15) is 0 Å². The second kappa shape index (κ2) is 3.84. The molecule has 1 aromatic carbocycles. The Hall–Kier alpha value is -1.95. The fraction of sp³-hybridized carbons (Fsp3) is 0.182. The first kappa shape index (κ1) is 10.1. The van der Waals surface area contributed by atoms with Crippen LogP contribution in [0.4, 0.5) is 5.69 Å². The van der Waals surface area contributed by atoms with Crippen molar-refractivity contribution in [3.05, 3.63) is 28.8 Å². The number of benzene rings is 1. The molecule has 1 aromatic rings. The molecule has 3 N–H and O–H groups in total. The van der Waals surface area contributed by atoms with Gasteiger partial charge in [-0.15, -0.1) is 6.42 Å². The second-order valence-corrected chi connectivity index (χ2v) is 3.06. The Balaban J connectivity index is 3.21. The van der Waals surface area contributed by atoms with Gasteiger partial charge in [0.05, 0.1) is 6.42 Å². The highest BCUT2D eigenvalue weighted by molar-refractivity contribution is 5.72. The summed E-state index contributed by atoms with van der Waals surface area (Å²) in [6, 6.07) is 3.35. The van der Waals surface area contributed by atoms with Crippen molar-refractivity contribution < 1.29 is 9.90 Å². The lowest BCUT2D eigenvalue weighted by Gasteiger charge is -2.07. The monoisotopic (exact) mass is 189 g/mol. The molecule has 0 heterocycles. The summed E-state index contributed by atoms with van der Waals surface area (Å²) in [5.41, 5.74) is 8.29. The minimum atomic E-state index is -0.887. The van der Waals surface area contributed by atoms with Crippen molar-refractivity contribution in [1.29, 1.82) is 0 Å². The molecule has 0 unspecified atom stereocenters. The van der Waals surface area contributed by atoms with Crippen molar-refractivity contribution in [2.45, 2.75) is 13.3 Å². The van der Waals surface area contributed by atoms with Crippen molar-refractivity contribution in [2.24, 2.45) is 0 Å². The fourth-order valence-electron chi connectivity index (χ4n) is 1.23. The largest absolute Gasteiger partial charge is 0.481 e. The number of hydrogen-bond acceptors (Lipinski definition) is 2. The van der Waals surface area contributed by atoms with Crippen molar-refractivity contribution in [1.82, 2.24) is 0 Å². The Labute approximate surface area is 82.6 Å². The quantitative estimate of drug-likeness (QED) is 0.542. The summed E-state index contributed by atoms with van der Waals surface area (Å²) in [6.45, 7) is 1.79. The Bertz CT molecular complexity index is 416. The van der Waals surface area contributed by atoms with E-state index in [2.05, 4.69) is 5.92 Å². The number of carbonyl (C=O) groups is 1. The lowest BCUT2D eigenvalue weighted by molar-refractivity contribution is -0.136. The first-order valence-electron chi connectivity index (χ1n) is 4.12. The second-order valence-electron chi connectivity index (χ2n) is 3.06. The molecule has 0 fully saturated rings. The van der Waals surface area contributed by atoms with Gasteiger partial charge >= 0.3 is 5.97 Å². The Kier molecular flexibility index (Phi) is 2.78. The van der Waals surface area contributed by atoms with Crippen LogP contribution >= 0.6 is 0 Å². The van der Waals surface area contributed by atoms with Crippen LogP contribution in [0.25, 0.3) is 0 Å². The average Bonchev–Trinajstić information content (AvgIpc) is 2.11. The maximum absolute atomic E-state index is 10.5. The van der Waals surface area contributed by atoms with Gasteiger partial charge in [0.15, 0.2) is 0 Å². The van der Waals surface area contributed by atoms with E-state index in [0.29, 0.717) is 16.8 Å². The van der Waals surface area contributed by atoms with E-state index >= 15 is 0 Å². The molecule has 0 amide bonds. The zero-order valence-electron chi connectivity index (χ0n) is 7.87. The van der Waals surface area contributed by atoms with Crippen molar-refractivity contribution in [2.75, 3.05) is 5.73 Å². The number of carboxylic acids is 1. The molecule has 3 nitrogen and oxygen atoms in total. The molecule has 0 aliphatic heterocycles. The topological polar surface area (TPSA) is 63.3 Å². The number of carboxylic acid groups (broad SMARTS) is 1. The average molecular weight is 189 g/mol. The summed E-state index contributed by atoms with van der Waals surface area (Å²) >= 11 is 0. The van der Waals surface area contributed by atoms with Gasteiger partial charge < -0.3 is 10.8 Å². The molecule has 72 valence electrons. The highest BCUT2D eigenvalue weighted by Crippen LogP contribution is 2.19. The first-order valence-corrected chi connectivity index (χ1v) is 4.12. The van der Waals surface area contributed by atoms with Gasteiger partial charge in [-0.1, -0.05) is 5.92 Å². The molecule has 0 saturated heterocycles. The lowest BCUT2D eigenvalue weighted by Crippen LogP contribution is -2.04.